The van der Waals surface area contributed by atoms with Gasteiger partial charge in [-0.05, 0) is 24.3 Å². The summed E-state index contributed by atoms with van der Waals surface area (Å²) in [4.78, 5) is 14.8. The van der Waals surface area contributed by atoms with Crippen LogP contribution in [-0.2, 0) is 10.0 Å². The average molecular weight is 411 g/mol. The van der Waals surface area contributed by atoms with Crippen LogP contribution in [0.3, 0.4) is 0 Å². The standard InChI is InChI=1S/C20H21N5O3S/c1-28-19-14-17(5-6-18(19)16-4-2-7-21-15-16)29(26,27)25-12-10-24(11-13-25)20-22-8-3-9-23-20/h2-9,14-15H,10-13H2,1H3. The molecule has 0 bridgehead atoms. The van der Waals surface area contributed by atoms with Gasteiger partial charge in [-0.1, -0.05) is 6.07 Å². The Morgan fingerprint density at radius 2 is 1.72 bits per heavy atom. The van der Waals surface area contributed by atoms with Gasteiger partial charge in [0.1, 0.15) is 5.75 Å². The molecule has 1 fully saturated rings. The first-order valence-electron chi connectivity index (χ1n) is 9.20. The van der Waals surface area contributed by atoms with E-state index in [1.807, 2.05) is 17.0 Å². The van der Waals surface area contributed by atoms with Crippen molar-refractivity contribution in [2.45, 2.75) is 4.90 Å². The largest absolute Gasteiger partial charge is 0.496 e. The van der Waals surface area contributed by atoms with Crippen LogP contribution in [0.5, 0.6) is 5.75 Å². The second kappa shape index (κ2) is 8.14. The third kappa shape index (κ3) is 3.92. The van der Waals surface area contributed by atoms with Crippen molar-refractivity contribution in [3.8, 4) is 16.9 Å². The fourth-order valence-electron chi connectivity index (χ4n) is 3.32. The highest BCUT2D eigenvalue weighted by atomic mass is 32.2. The van der Waals surface area contributed by atoms with E-state index in [0.717, 1.165) is 11.1 Å². The Kier molecular flexibility index (Phi) is 5.41. The molecular formula is C20H21N5O3S. The summed E-state index contributed by atoms with van der Waals surface area (Å²) in [7, 11) is -2.10. The second-order valence-electron chi connectivity index (χ2n) is 6.54. The molecular weight excluding hydrogens is 390 g/mol. The number of benzene rings is 1. The number of sulfonamides is 1. The van der Waals surface area contributed by atoms with Crippen LogP contribution in [-0.4, -0.2) is 61.0 Å². The minimum atomic E-state index is -3.63. The van der Waals surface area contributed by atoms with E-state index >= 15 is 0 Å². The maximum Gasteiger partial charge on any atom is 0.243 e. The number of hydrogen-bond acceptors (Lipinski definition) is 7. The van der Waals surface area contributed by atoms with Crippen LogP contribution in [0.2, 0.25) is 0 Å². The highest BCUT2D eigenvalue weighted by Gasteiger charge is 2.30. The number of aromatic nitrogens is 3. The first-order chi connectivity index (χ1) is 14.1. The molecule has 150 valence electrons. The predicted octanol–water partition coefficient (Wildman–Crippen LogP) is 2.06. The first-order valence-corrected chi connectivity index (χ1v) is 10.6. The Balaban J connectivity index is 1.55. The van der Waals surface area contributed by atoms with Crippen LogP contribution in [0.15, 0.2) is 66.1 Å². The van der Waals surface area contributed by atoms with Crippen LogP contribution in [0.4, 0.5) is 5.95 Å². The van der Waals surface area contributed by atoms with Crippen molar-refractivity contribution in [3.05, 3.63) is 61.2 Å². The molecule has 8 nitrogen and oxygen atoms in total. The summed E-state index contributed by atoms with van der Waals surface area (Å²) < 4.78 is 33.3. The Morgan fingerprint density at radius 3 is 2.38 bits per heavy atom. The van der Waals surface area contributed by atoms with Crippen LogP contribution in [0, 0.1) is 0 Å². The molecule has 0 aliphatic carbocycles. The van der Waals surface area contributed by atoms with Crippen LogP contribution >= 0.6 is 0 Å². The average Bonchev–Trinajstić information content (AvgIpc) is 2.80. The minimum absolute atomic E-state index is 0.214. The van der Waals surface area contributed by atoms with Crippen molar-refractivity contribution >= 4 is 16.0 Å². The van der Waals surface area contributed by atoms with Gasteiger partial charge in [0.25, 0.3) is 0 Å². The predicted molar refractivity (Wildman–Crippen MR) is 109 cm³/mol. The molecule has 0 amide bonds. The normalized spacial score (nSPS) is 15.3. The van der Waals surface area contributed by atoms with Gasteiger partial charge in [0, 0.05) is 68.2 Å². The molecule has 2 aromatic heterocycles. The lowest BCUT2D eigenvalue weighted by Gasteiger charge is -2.34. The highest BCUT2D eigenvalue weighted by molar-refractivity contribution is 7.89. The molecule has 0 N–H and O–H groups in total. The van der Waals surface area contributed by atoms with Crippen molar-refractivity contribution < 1.29 is 13.2 Å². The fourth-order valence-corrected chi connectivity index (χ4v) is 4.76. The van der Waals surface area contributed by atoms with Gasteiger partial charge in [0.2, 0.25) is 16.0 Å². The molecule has 0 spiro atoms. The Hall–Kier alpha value is -3.04. The molecule has 3 heterocycles. The van der Waals surface area contributed by atoms with Gasteiger partial charge in [-0.25, -0.2) is 18.4 Å². The van der Waals surface area contributed by atoms with Crippen molar-refractivity contribution in [2.24, 2.45) is 0 Å². The third-order valence-corrected chi connectivity index (χ3v) is 6.75. The summed E-state index contributed by atoms with van der Waals surface area (Å²) in [6.45, 7) is 1.81. The summed E-state index contributed by atoms with van der Waals surface area (Å²) in [5.41, 5.74) is 1.66. The summed E-state index contributed by atoms with van der Waals surface area (Å²) in [6.07, 6.45) is 6.77. The van der Waals surface area contributed by atoms with Gasteiger partial charge in [-0.2, -0.15) is 4.31 Å². The number of hydrogen-bond donors (Lipinski definition) is 0. The van der Waals surface area contributed by atoms with Gasteiger partial charge >= 0.3 is 0 Å². The lowest BCUT2D eigenvalue weighted by Crippen LogP contribution is -2.49. The molecule has 0 radical (unpaired) electrons. The summed E-state index contributed by atoms with van der Waals surface area (Å²) in [6, 6.07) is 10.4. The zero-order valence-corrected chi connectivity index (χ0v) is 16.8. The van der Waals surface area contributed by atoms with Gasteiger partial charge in [-0.15, -0.1) is 0 Å². The quantitative estimate of drug-likeness (QED) is 0.635. The number of anilines is 1. The summed E-state index contributed by atoms with van der Waals surface area (Å²) in [5, 5.41) is 0. The molecule has 1 aromatic carbocycles. The fraction of sp³-hybridized carbons (Fsp3) is 0.250. The van der Waals surface area contributed by atoms with E-state index in [-0.39, 0.29) is 4.90 Å². The maximum absolute atomic E-state index is 13.2. The second-order valence-corrected chi connectivity index (χ2v) is 8.48. The van der Waals surface area contributed by atoms with E-state index in [1.165, 1.54) is 11.4 Å². The number of ether oxygens (including phenoxy) is 1. The van der Waals surface area contributed by atoms with Crippen molar-refractivity contribution in [1.82, 2.24) is 19.3 Å². The van der Waals surface area contributed by atoms with Gasteiger partial charge in [0.05, 0.1) is 12.0 Å². The van der Waals surface area contributed by atoms with E-state index < -0.39 is 10.0 Å². The molecule has 1 aliphatic rings. The Labute approximate surface area is 169 Å². The summed E-state index contributed by atoms with van der Waals surface area (Å²) in [5.74, 6) is 1.11. The van der Waals surface area contributed by atoms with E-state index in [1.54, 1.807) is 49.1 Å². The number of piperazine rings is 1. The molecule has 29 heavy (non-hydrogen) atoms. The number of methoxy groups -OCH3 is 1. The molecule has 0 saturated carbocycles. The molecule has 9 heteroatoms. The number of pyridine rings is 1. The SMILES string of the molecule is COc1cc(S(=O)(=O)N2CCN(c3ncccn3)CC2)ccc1-c1cccnc1. The van der Waals surface area contributed by atoms with E-state index in [4.69, 9.17) is 4.74 Å². The monoisotopic (exact) mass is 411 g/mol. The van der Waals surface area contributed by atoms with Gasteiger partial charge in [-0.3, -0.25) is 4.98 Å². The van der Waals surface area contributed by atoms with Gasteiger partial charge < -0.3 is 9.64 Å². The molecule has 4 rings (SSSR count). The Bertz CT molecular complexity index is 1070. The highest BCUT2D eigenvalue weighted by Crippen LogP contribution is 2.32. The smallest absolute Gasteiger partial charge is 0.243 e. The van der Waals surface area contributed by atoms with Crippen molar-refractivity contribution in [2.75, 3.05) is 38.2 Å². The number of rotatable bonds is 5. The minimum Gasteiger partial charge on any atom is -0.496 e. The third-order valence-electron chi connectivity index (χ3n) is 4.86. The Morgan fingerprint density at radius 1 is 0.966 bits per heavy atom. The molecule has 0 unspecified atom stereocenters. The lowest BCUT2D eigenvalue weighted by molar-refractivity contribution is 0.381. The van der Waals surface area contributed by atoms with E-state index in [2.05, 4.69) is 15.0 Å². The number of nitrogens with zero attached hydrogens (tertiary/aromatic N) is 5. The van der Waals surface area contributed by atoms with Crippen molar-refractivity contribution in [3.63, 3.8) is 0 Å². The molecule has 1 aliphatic heterocycles. The molecule has 1 saturated heterocycles. The lowest BCUT2D eigenvalue weighted by atomic mass is 10.1. The molecule has 3 aromatic rings. The zero-order chi connectivity index (χ0) is 20.3. The molecule has 0 atom stereocenters. The van der Waals surface area contributed by atoms with E-state index in [9.17, 15) is 8.42 Å². The van der Waals surface area contributed by atoms with Crippen LogP contribution < -0.4 is 9.64 Å². The topological polar surface area (TPSA) is 88.5 Å². The van der Waals surface area contributed by atoms with Crippen LogP contribution in [0.1, 0.15) is 0 Å². The zero-order valence-electron chi connectivity index (χ0n) is 16.0. The first kappa shape index (κ1) is 19.3. The van der Waals surface area contributed by atoms with Gasteiger partial charge in [0.15, 0.2) is 0 Å². The van der Waals surface area contributed by atoms with Crippen LogP contribution in [0.25, 0.3) is 11.1 Å². The maximum atomic E-state index is 13.2. The van der Waals surface area contributed by atoms with E-state index in [0.29, 0.717) is 37.9 Å². The summed E-state index contributed by atoms with van der Waals surface area (Å²) >= 11 is 0. The van der Waals surface area contributed by atoms with Crippen molar-refractivity contribution in [1.29, 1.82) is 0 Å².